The second-order valence-corrected chi connectivity index (χ2v) is 10.5. The van der Waals surface area contributed by atoms with E-state index in [0.29, 0.717) is 36.5 Å². The molecule has 0 aromatic carbocycles. The highest BCUT2D eigenvalue weighted by molar-refractivity contribution is 6.02. The van der Waals surface area contributed by atoms with Gasteiger partial charge in [0, 0.05) is 32.2 Å². The van der Waals surface area contributed by atoms with Crippen molar-refractivity contribution < 1.29 is 32.2 Å². The van der Waals surface area contributed by atoms with Crippen LogP contribution < -0.4 is 10.6 Å². The maximum Gasteiger partial charge on any atom is 0.407 e. The first-order chi connectivity index (χ1) is 17.2. The molecule has 0 spiro atoms. The number of carbonyl (C=O) groups excluding carboxylic acids is 2. The van der Waals surface area contributed by atoms with Gasteiger partial charge in [-0.1, -0.05) is 0 Å². The van der Waals surface area contributed by atoms with E-state index in [0.717, 1.165) is 5.69 Å². The van der Waals surface area contributed by atoms with Gasteiger partial charge in [0.2, 0.25) is 0 Å². The third-order valence-electron chi connectivity index (χ3n) is 6.04. The summed E-state index contributed by atoms with van der Waals surface area (Å²) >= 11 is 0. The van der Waals surface area contributed by atoms with Gasteiger partial charge in [-0.2, -0.15) is 23.4 Å². The van der Waals surface area contributed by atoms with Gasteiger partial charge in [-0.15, -0.1) is 0 Å². The van der Waals surface area contributed by atoms with E-state index >= 15 is 0 Å². The Kier molecular flexibility index (Phi) is 8.56. The average Bonchev–Trinajstić information content (AvgIpc) is 3.44. The van der Waals surface area contributed by atoms with Crippen LogP contribution in [0.2, 0.25) is 0 Å². The number of hydrogen-bond acceptors (Lipinski definition) is 6. The molecule has 13 heteroatoms. The molecule has 2 amide bonds. The first kappa shape index (κ1) is 28.5. The van der Waals surface area contributed by atoms with Gasteiger partial charge in [-0.25, -0.2) is 9.48 Å². The van der Waals surface area contributed by atoms with Crippen molar-refractivity contribution in [3.63, 3.8) is 0 Å². The first-order valence-corrected chi connectivity index (χ1v) is 12.1. The molecule has 1 fully saturated rings. The third-order valence-corrected chi connectivity index (χ3v) is 6.04. The molecule has 2 heterocycles. The second-order valence-electron chi connectivity index (χ2n) is 10.5. The van der Waals surface area contributed by atoms with Crippen LogP contribution in [0.3, 0.4) is 0 Å². The first-order valence-electron chi connectivity index (χ1n) is 12.1. The van der Waals surface area contributed by atoms with Crippen LogP contribution in [-0.4, -0.2) is 57.0 Å². The Hall–Kier alpha value is -3.09. The van der Waals surface area contributed by atoms with E-state index in [2.05, 4.69) is 15.7 Å². The number of halogens is 3. The van der Waals surface area contributed by atoms with Crippen molar-refractivity contribution in [3.05, 3.63) is 29.2 Å². The molecule has 10 nitrogen and oxygen atoms in total. The summed E-state index contributed by atoms with van der Waals surface area (Å²) in [7, 11) is 3.23. The van der Waals surface area contributed by atoms with Crippen molar-refractivity contribution >= 4 is 17.8 Å². The molecule has 2 aromatic heterocycles. The molecular weight excluding hydrogens is 493 g/mol. The minimum absolute atomic E-state index is 0.0327. The quantitative estimate of drug-likeness (QED) is 0.523. The Bertz CT molecular complexity index is 1110. The number of rotatable bonds is 8. The van der Waals surface area contributed by atoms with Crippen molar-refractivity contribution in [1.82, 2.24) is 24.9 Å². The Labute approximate surface area is 213 Å². The summed E-state index contributed by atoms with van der Waals surface area (Å²) in [6.45, 7) is 7.47. The summed E-state index contributed by atoms with van der Waals surface area (Å²) in [5.41, 5.74) is 1.31. The largest absolute Gasteiger partial charge is 0.446 e. The molecule has 3 atom stereocenters. The summed E-state index contributed by atoms with van der Waals surface area (Å²) < 4.78 is 51.2. The Morgan fingerprint density at radius 2 is 1.89 bits per heavy atom. The fraction of sp³-hybridized carbons (Fsp3) is 0.667. The normalized spacial score (nSPS) is 19.1. The smallest absolute Gasteiger partial charge is 0.407 e. The van der Waals surface area contributed by atoms with Gasteiger partial charge >= 0.3 is 12.3 Å². The molecule has 0 bridgehead atoms. The van der Waals surface area contributed by atoms with Crippen LogP contribution in [0.4, 0.5) is 23.8 Å². The second kappa shape index (κ2) is 11.1. The summed E-state index contributed by atoms with van der Waals surface area (Å²) in [6, 6.07) is 2.40. The van der Waals surface area contributed by atoms with Crippen LogP contribution in [0.15, 0.2) is 12.1 Å². The zero-order valence-corrected chi connectivity index (χ0v) is 22.0. The van der Waals surface area contributed by atoms with E-state index in [4.69, 9.17) is 14.6 Å². The van der Waals surface area contributed by atoms with E-state index in [1.165, 1.54) is 11.6 Å². The van der Waals surface area contributed by atoms with Crippen LogP contribution >= 0.6 is 0 Å². The number of alkyl halides is 3. The van der Waals surface area contributed by atoms with E-state index in [1.54, 1.807) is 24.9 Å². The van der Waals surface area contributed by atoms with Crippen molar-refractivity contribution in [1.29, 1.82) is 0 Å². The van der Waals surface area contributed by atoms with Gasteiger partial charge in [0.25, 0.3) is 5.91 Å². The van der Waals surface area contributed by atoms with Crippen LogP contribution in [0.5, 0.6) is 0 Å². The lowest BCUT2D eigenvalue weighted by Gasteiger charge is -2.22. The van der Waals surface area contributed by atoms with Gasteiger partial charge in [0.05, 0.1) is 30.0 Å². The number of ether oxygens (including phenoxy) is 2. The topological polar surface area (TPSA) is 112 Å². The lowest BCUT2D eigenvalue weighted by Crippen LogP contribution is -2.37. The number of amides is 2. The van der Waals surface area contributed by atoms with Gasteiger partial charge in [-0.3, -0.25) is 9.48 Å². The highest BCUT2D eigenvalue weighted by Crippen LogP contribution is 2.37. The zero-order valence-electron chi connectivity index (χ0n) is 22.0. The Morgan fingerprint density at radius 3 is 2.51 bits per heavy atom. The standard InChI is InChI=1S/C24H35F3N6O4/c1-14(12-24(25,26)27)28-22(35)37-17-8-7-15(9-17)18-11-20(33(31-18)23(2,3)4)29-21(34)19-10-16(13-36-6)30-32(19)5/h10-11,14-15,17H,7-9,12-13H2,1-6H3,(H,28,35)(H,29,34)/t14?,15-,17+/m0/s1. The van der Waals surface area contributed by atoms with Crippen molar-refractivity contribution in [2.45, 2.75) is 89.8 Å². The van der Waals surface area contributed by atoms with E-state index in [-0.39, 0.29) is 18.4 Å². The molecular formula is C24H35F3N6O4. The van der Waals surface area contributed by atoms with Crippen molar-refractivity contribution in [2.24, 2.45) is 7.05 Å². The number of hydrogen-bond donors (Lipinski definition) is 2. The maximum absolute atomic E-state index is 13.0. The monoisotopic (exact) mass is 528 g/mol. The summed E-state index contributed by atoms with van der Waals surface area (Å²) in [6.07, 6.45) is -5.06. The van der Waals surface area contributed by atoms with Crippen LogP contribution in [0.1, 0.15) is 81.2 Å². The number of nitrogens with zero attached hydrogens (tertiary/aromatic N) is 4. The van der Waals surface area contributed by atoms with E-state index < -0.39 is 36.4 Å². The molecule has 1 unspecified atom stereocenters. The lowest BCUT2D eigenvalue weighted by atomic mass is 10.0. The fourth-order valence-electron chi connectivity index (χ4n) is 4.44. The van der Waals surface area contributed by atoms with E-state index in [9.17, 15) is 22.8 Å². The number of carbonyl (C=O) groups is 2. The number of alkyl carbamates (subject to hydrolysis) is 1. The number of aryl methyl sites for hydroxylation is 1. The molecule has 0 radical (unpaired) electrons. The maximum atomic E-state index is 13.0. The molecule has 2 N–H and O–H groups in total. The van der Waals surface area contributed by atoms with Crippen LogP contribution in [0.25, 0.3) is 0 Å². The van der Waals surface area contributed by atoms with E-state index in [1.807, 2.05) is 26.8 Å². The fourth-order valence-corrected chi connectivity index (χ4v) is 4.44. The molecule has 1 aliphatic carbocycles. The Balaban J connectivity index is 1.68. The predicted octanol–water partition coefficient (Wildman–Crippen LogP) is 4.47. The molecule has 2 aromatic rings. The predicted molar refractivity (Wildman–Crippen MR) is 129 cm³/mol. The molecule has 0 saturated heterocycles. The summed E-state index contributed by atoms with van der Waals surface area (Å²) in [5, 5.41) is 14.2. The SMILES string of the molecule is COCc1cc(C(=O)Nc2cc([C@H]3CC[C@@H](OC(=O)NC(C)CC(F)(F)F)C3)nn2C(C)(C)C)n(C)n1. The number of anilines is 1. The molecule has 0 aliphatic heterocycles. The molecule has 1 saturated carbocycles. The zero-order chi connectivity index (χ0) is 27.5. The minimum atomic E-state index is -4.37. The molecule has 3 rings (SSSR count). The molecule has 37 heavy (non-hydrogen) atoms. The van der Waals surface area contributed by atoms with Crippen molar-refractivity contribution in [3.8, 4) is 0 Å². The molecule has 1 aliphatic rings. The van der Waals surface area contributed by atoms with Crippen molar-refractivity contribution in [2.75, 3.05) is 12.4 Å². The van der Waals surface area contributed by atoms with Gasteiger partial charge in [0.1, 0.15) is 17.6 Å². The van der Waals surface area contributed by atoms with Gasteiger partial charge in [0.15, 0.2) is 0 Å². The van der Waals surface area contributed by atoms with Crippen LogP contribution in [0, 0.1) is 0 Å². The minimum Gasteiger partial charge on any atom is -0.446 e. The lowest BCUT2D eigenvalue weighted by molar-refractivity contribution is -0.138. The number of aromatic nitrogens is 4. The summed E-state index contributed by atoms with van der Waals surface area (Å²) in [5.74, 6) is 0.145. The average molecular weight is 529 g/mol. The highest BCUT2D eigenvalue weighted by Gasteiger charge is 2.34. The number of nitrogens with one attached hydrogen (secondary N) is 2. The highest BCUT2D eigenvalue weighted by atomic mass is 19.4. The Morgan fingerprint density at radius 1 is 1.19 bits per heavy atom. The molecule has 206 valence electrons. The van der Waals surface area contributed by atoms with Gasteiger partial charge in [-0.05, 0) is 53.0 Å². The van der Waals surface area contributed by atoms with Crippen LogP contribution in [-0.2, 0) is 28.7 Å². The summed E-state index contributed by atoms with van der Waals surface area (Å²) in [4.78, 5) is 25.1. The third kappa shape index (κ3) is 7.70. The number of methoxy groups -OCH3 is 1. The van der Waals surface area contributed by atoms with Gasteiger partial charge < -0.3 is 20.1 Å².